The largest absolute Gasteiger partial charge is 0.496 e. The van der Waals surface area contributed by atoms with E-state index in [1.165, 1.54) is 0 Å². The number of carbonyl (C=O) groups is 1. The van der Waals surface area contributed by atoms with Crippen molar-refractivity contribution in [3.8, 4) is 5.75 Å². The second kappa shape index (κ2) is 4.71. The number of Topliss-reactive ketones (excluding diaryl/α,β-unsaturated/α-hetero) is 1. The molecule has 0 radical (unpaired) electrons. The van der Waals surface area contributed by atoms with Gasteiger partial charge in [-0.15, -0.1) is 0 Å². The third-order valence-electron chi connectivity index (χ3n) is 3.64. The van der Waals surface area contributed by atoms with Crippen molar-refractivity contribution < 1.29 is 14.3 Å². The molecule has 2 N–H and O–H groups in total. The van der Waals surface area contributed by atoms with E-state index in [-0.39, 0.29) is 11.8 Å². The van der Waals surface area contributed by atoms with Crippen molar-refractivity contribution in [2.75, 3.05) is 20.3 Å². The SMILES string of the molecule is COc1ccc(C)cc1C(=O)C1(C)COCC1N. The lowest BCUT2D eigenvalue weighted by atomic mass is 9.78. The zero-order valence-corrected chi connectivity index (χ0v) is 11.0. The molecule has 1 fully saturated rings. The monoisotopic (exact) mass is 249 g/mol. The van der Waals surface area contributed by atoms with E-state index in [2.05, 4.69) is 0 Å². The van der Waals surface area contributed by atoms with Gasteiger partial charge in [0.05, 0.1) is 31.3 Å². The Labute approximate surface area is 107 Å². The molecule has 2 atom stereocenters. The highest BCUT2D eigenvalue weighted by atomic mass is 16.5. The number of hydrogen-bond donors (Lipinski definition) is 1. The number of carbonyl (C=O) groups excluding carboxylic acids is 1. The maximum atomic E-state index is 12.7. The van der Waals surface area contributed by atoms with Crippen LogP contribution >= 0.6 is 0 Å². The van der Waals surface area contributed by atoms with Crippen LogP contribution in [0.1, 0.15) is 22.8 Å². The van der Waals surface area contributed by atoms with Crippen LogP contribution in [0.25, 0.3) is 0 Å². The van der Waals surface area contributed by atoms with Crippen LogP contribution in [-0.2, 0) is 4.74 Å². The quantitative estimate of drug-likeness (QED) is 0.826. The minimum atomic E-state index is -0.666. The van der Waals surface area contributed by atoms with Crippen molar-refractivity contribution in [2.45, 2.75) is 19.9 Å². The summed E-state index contributed by atoms with van der Waals surface area (Å²) in [5, 5.41) is 0. The molecule has 1 aliphatic heterocycles. The molecule has 0 amide bonds. The first-order chi connectivity index (χ1) is 8.49. The van der Waals surface area contributed by atoms with Gasteiger partial charge in [-0.05, 0) is 26.0 Å². The highest BCUT2D eigenvalue weighted by molar-refractivity contribution is 6.03. The maximum Gasteiger partial charge on any atom is 0.176 e. The van der Waals surface area contributed by atoms with Gasteiger partial charge in [0, 0.05) is 6.04 Å². The minimum absolute atomic E-state index is 0.00644. The molecule has 0 bridgehead atoms. The van der Waals surface area contributed by atoms with Gasteiger partial charge in [0.2, 0.25) is 0 Å². The topological polar surface area (TPSA) is 61.5 Å². The van der Waals surface area contributed by atoms with Crippen molar-refractivity contribution in [1.29, 1.82) is 0 Å². The summed E-state index contributed by atoms with van der Waals surface area (Å²) < 4.78 is 10.6. The van der Waals surface area contributed by atoms with Gasteiger partial charge < -0.3 is 15.2 Å². The van der Waals surface area contributed by atoms with Crippen LogP contribution in [0.3, 0.4) is 0 Å². The molecule has 2 rings (SSSR count). The third kappa shape index (κ3) is 2.02. The van der Waals surface area contributed by atoms with Gasteiger partial charge >= 0.3 is 0 Å². The summed E-state index contributed by atoms with van der Waals surface area (Å²) in [7, 11) is 1.56. The Bertz CT molecular complexity index is 472. The first-order valence-electron chi connectivity index (χ1n) is 6.02. The molecule has 18 heavy (non-hydrogen) atoms. The summed E-state index contributed by atoms with van der Waals surface area (Å²) in [6, 6.07) is 5.31. The normalized spacial score (nSPS) is 27.2. The van der Waals surface area contributed by atoms with Crippen molar-refractivity contribution in [3.05, 3.63) is 29.3 Å². The van der Waals surface area contributed by atoms with Crippen LogP contribution in [0.4, 0.5) is 0 Å². The Morgan fingerprint density at radius 3 is 2.83 bits per heavy atom. The summed E-state index contributed by atoms with van der Waals surface area (Å²) in [5.41, 5.74) is 6.94. The number of nitrogens with two attached hydrogens (primary N) is 1. The molecule has 1 aromatic carbocycles. The lowest BCUT2D eigenvalue weighted by Gasteiger charge is -2.26. The average Bonchev–Trinajstić information content (AvgIpc) is 2.70. The summed E-state index contributed by atoms with van der Waals surface area (Å²) in [5.74, 6) is 0.582. The van der Waals surface area contributed by atoms with Crippen LogP contribution in [-0.4, -0.2) is 32.1 Å². The third-order valence-corrected chi connectivity index (χ3v) is 3.64. The molecule has 0 aliphatic carbocycles. The Morgan fingerprint density at radius 2 is 2.28 bits per heavy atom. The van der Waals surface area contributed by atoms with Crippen LogP contribution < -0.4 is 10.5 Å². The van der Waals surface area contributed by atoms with Crippen LogP contribution in [0, 0.1) is 12.3 Å². The first kappa shape index (κ1) is 13.1. The van der Waals surface area contributed by atoms with Gasteiger partial charge in [0.25, 0.3) is 0 Å². The molecule has 2 unspecified atom stereocenters. The van der Waals surface area contributed by atoms with Crippen LogP contribution in [0.5, 0.6) is 5.75 Å². The lowest BCUT2D eigenvalue weighted by molar-refractivity contribution is 0.0764. The maximum absolute atomic E-state index is 12.7. The van der Waals surface area contributed by atoms with E-state index >= 15 is 0 Å². The summed E-state index contributed by atoms with van der Waals surface area (Å²) in [4.78, 5) is 12.7. The lowest BCUT2D eigenvalue weighted by Crippen LogP contribution is -2.44. The van der Waals surface area contributed by atoms with Gasteiger partial charge in [-0.3, -0.25) is 4.79 Å². The van der Waals surface area contributed by atoms with E-state index in [0.717, 1.165) is 5.56 Å². The van der Waals surface area contributed by atoms with Crippen molar-refractivity contribution >= 4 is 5.78 Å². The van der Waals surface area contributed by atoms with Crippen molar-refractivity contribution in [1.82, 2.24) is 0 Å². The van der Waals surface area contributed by atoms with Gasteiger partial charge in [-0.1, -0.05) is 11.6 Å². The van der Waals surface area contributed by atoms with E-state index in [1.54, 1.807) is 7.11 Å². The van der Waals surface area contributed by atoms with E-state index in [1.807, 2.05) is 32.0 Å². The number of ketones is 1. The van der Waals surface area contributed by atoms with Crippen LogP contribution in [0.15, 0.2) is 18.2 Å². The Kier molecular flexibility index (Phi) is 3.41. The molecule has 0 spiro atoms. The fourth-order valence-electron chi connectivity index (χ4n) is 2.23. The molecule has 1 aliphatic rings. The van der Waals surface area contributed by atoms with Crippen molar-refractivity contribution in [2.24, 2.45) is 11.1 Å². The number of benzene rings is 1. The molecule has 0 aromatic heterocycles. The number of methoxy groups -OCH3 is 1. The summed E-state index contributed by atoms with van der Waals surface area (Å²) in [6.45, 7) is 4.60. The smallest absolute Gasteiger partial charge is 0.176 e. The molecular formula is C14H19NO3. The minimum Gasteiger partial charge on any atom is -0.496 e. The predicted molar refractivity (Wildman–Crippen MR) is 69.0 cm³/mol. The van der Waals surface area contributed by atoms with Crippen LogP contribution in [0.2, 0.25) is 0 Å². The van der Waals surface area contributed by atoms with E-state index in [9.17, 15) is 4.79 Å². The zero-order chi connectivity index (χ0) is 13.3. The van der Waals surface area contributed by atoms with Gasteiger partial charge in [0.1, 0.15) is 5.75 Å². The second-order valence-electron chi connectivity index (χ2n) is 5.07. The van der Waals surface area contributed by atoms with E-state index < -0.39 is 5.41 Å². The molecule has 0 saturated carbocycles. The Hall–Kier alpha value is -1.39. The van der Waals surface area contributed by atoms with Gasteiger partial charge in [-0.2, -0.15) is 0 Å². The first-order valence-corrected chi connectivity index (χ1v) is 6.02. The number of rotatable bonds is 3. The predicted octanol–water partition coefficient (Wildman–Crippen LogP) is 1.55. The molecule has 98 valence electrons. The standard InChI is InChI=1S/C14H19NO3/c1-9-4-5-11(17-3)10(6-9)13(16)14(2)8-18-7-12(14)15/h4-6,12H,7-8,15H2,1-3H3. The van der Waals surface area contributed by atoms with Gasteiger partial charge in [0.15, 0.2) is 5.78 Å². The van der Waals surface area contributed by atoms with E-state index in [0.29, 0.717) is 24.5 Å². The molecule has 1 heterocycles. The van der Waals surface area contributed by atoms with E-state index in [4.69, 9.17) is 15.2 Å². The Balaban J connectivity index is 2.42. The fourth-order valence-corrected chi connectivity index (χ4v) is 2.23. The summed E-state index contributed by atoms with van der Waals surface area (Å²) >= 11 is 0. The number of ether oxygens (including phenoxy) is 2. The second-order valence-corrected chi connectivity index (χ2v) is 5.07. The molecule has 1 aromatic rings. The molecule has 4 nitrogen and oxygen atoms in total. The fraction of sp³-hybridized carbons (Fsp3) is 0.500. The summed E-state index contributed by atoms with van der Waals surface area (Å²) in [6.07, 6.45) is 0. The molecule has 4 heteroatoms. The Morgan fingerprint density at radius 1 is 1.56 bits per heavy atom. The van der Waals surface area contributed by atoms with Gasteiger partial charge in [-0.25, -0.2) is 0 Å². The number of hydrogen-bond acceptors (Lipinski definition) is 4. The average molecular weight is 249 g/mol. The highest BCUT2D eigenvalue weighted by Gasteiger charge is 2.45. The highest BCUT2D eigenvalue weighted by Crippen LogP contribution is 2.34. The molecular weight excluding hydrogens is 230 g/mol. The number of aryl methyl sites for hydroxylation is 1. The van der Waals surface area contributed by atoms with Crippen molar-refractivity contribution in [3.63, 3.8) is 0 Å². The zero-order valence-electron chi connectivity index (χ0n) is 11.0. The molecule has 1 saturated heterocycles.